The second-order valence-electron chi connectivity index (χ2n) is 6.57. The first kappa shape index (κ1) is 15.2. The second kappa shape index (κ2) is 5.95. The van der Waals surface area contributed by atoms with Crippen LogP contribution in [0.5, 0.6) is 0 Å². The Morgan fingerprint density at radius 1 is 1.21 bits per heavy atom. The van der Waals surface area contributed by atoms with E-state index >= 15 is 0 Å². The Labute approximate surface area is 145 Å². The number of hydrogen-bond donors (Lipinski definition) is 2. The van der Waals surface area contributed by atoms with Crippen LogP contribution in [0.3, 0.4) is 0 Å². The van der Waals surface area contributed by atoms with Crippen molar-refractivity contribution in [3.05, 3.63) is 58.5 Å². The van der Waals surface area contributed by atoms with Crippen LogP contribution in [0.1, 0.15) is 34.1 Å². The standard InChI is InChI=1S/C20H20N2OS/c1-12-9-10-15-17(11-12)24-19(21)18(15)20(23)22-16-8-4-6-13-5-2-3-7-14(13)16/h2-8,12H,9-11,21H2,1H3,(H,22,23). The van der Waals surface area contributed by atoms with E-state index in [-0.39, 0.29) is 5.91 Å². The number of benzene rings is 2. The van der Waals surface area contributed by atoms with Crippen molar-refractivity contribution in [2.24, 2.45) is 5.92 Å². The van der Waals surface area contributed by atoms with Gasteiger partial charge < -0.3 is 11.1 Å². The zero-order valence-electron chi connectivity index (χ0n) is 13.6. The lowest BCUT2D eigenvalue weighted by Gasteiger charge is -2.18. The molecule has 4 heteroatoms. The van der Waals surface area contributed by atoms with Crippen molar-refractivity contribution < 1.29 is 4.79 Å². The van der Waals surface area contributed by atoms with Crippen LogP contribution in [-0.2, 0) is 12.8 Å². The van der Waals surface area contributed by atoms with Gasteiger partial charge in [-0.15, -0.1) is 11.3 Å². The van der Waals surface area contributed by atoms with E-state index in [1.54, 1.807) is 11.3 Å². The minimum Gasteiger partial charge on any atom is -0.390 e. The molecule has 0 spiro atoms. The van der Waals surface area contributed by atoms with Gasteiger partial charge in [0.05, 0.1) is 10.6 Å². The van der Waals surface area contributed by atoms with E-state index in [1.807, 2.05) is 42.5 Å². The van der Waals surface area contributed by atoms with Crippen molar-refractivity contribution in [2.45, 2.75) is 26.2 Å². The average Bonchev–Trinajstić information content (AvgIpc) is 2.90. The Morgan fingerprint density at radius 2 is 2.00 bits per heavy atom. The smallest absolute Gasteiger partial charge is 0.258 e. The van der Waals surface area contributed by atoms with Crippen LogP contribution < -0.4 is 11.1 Å². The highest BCUT2D eigenvalue weighted by Crippen LogP contribution is 2.38. The molecule has 1 heterocycles. The maximum atomic E-state index is 12.9. The summed E-state index contributed by atoms with van der Waals surface area (Å²) in [5, 5.41) is 5.88. The molecule has 2 aromatic carbocycles. The first-order valence-electron chi connectivity index (χ1n) is 8.32. The fourth-order valence-corrected chi connectivity index (χ4v) is 4.82. The van der Waals surface area contributed by atoms with E-state index in [2.05, 4.69) is 12.2 Å². The van der Waals surface area contributed by atoms with E-state index in [0.29, 0.717) is 16.5 Å². The summed E-state index contributed by atoms with van der Waals surface area (Å²) in [5.41, 5.74) is 8.88. The normalized spacial score (nSPS) is 16.8. The Balaban J connectivity index is 1.70. The lowest BCUT2D eigenvalue weighted by atomic mass is 9.88. The van der Waals surface area contributed by atoms with Gasteiger partial charge in [-0.2, -0.15) is 0 Å². The molecule has 0 saturated heterocycles. The molecule has 1 aliphatic rings. The molecule has 1 aliphatic carbocycles. The molecule has 0 radical (unpaired) electrons. The number of carbonyl (C=O) groups excluding carboxylic acids is 1. The number of hydrogen-bond acceptors (Lipinski definition) is 3. The summed E-state index contributed by atoms with van der Waals surface area (Å²) in [6, 6.07) is 14.0. The number of nitrogens with one attached hydrogen (secondary N) is 1. The number of fused-ring (bicyclic) bond motifs is 2. The third kappa shape index (κ3) is 2.57. The summed E-state index contributed by atoms with van der Waals surface area (Å²) in [4.78, 5) is 14.2. The molecule has 4 rings (SSSR count). The van der Waals surface area contributed by atoms with E-state index in [4.69, 9.17) is 5.73 Å². The van der Waals surface area contributed by atoms with Gasteiger partial charge in [-0.1, -0.05) is 43.3 Å². The summed E-state index contributed by atoms with van der Waals surface area (Å²) in [5.74, 6) is 0.584. The Morgan fingerprint density at radius 3 is 2.88 bits per heavy atom. The van der Waals surface area contributed by atoms with Crippen LogP contribution in [0.25, 0.3) is 10.8 Å². The predicted octanol–water partition coefficient (Wildman–Crippen LogP) is 4.86. The maximum Gasteiger partial charge on any atom is 0.258 e. The highest BCUT2D eigenvalue weighted by molar-refractivity contribution is 7.16. The van der Waals surface area contributed by atoms with E-state index in [0.717, 1.165) is 41.3 Å². The number of thiophene rings is 1. The molecular formula is C20H20N2OS. The van der Waals surface area contributed by atoms with Crippen molar-refractivity contribution >= 4 is 38.7 Å². The third-order valence-corrected chi connectivity index (χ3v) is 5.89. The molecule has 0 fully saturated rings. The first-order valence-corrected chi connectivity index (χ1v) is 9.14. The number of nitrogen functional groups attached to an aromatic ring is 1. The van der Waals surface area contributed by atoms with Gasteiger partial charge in [0.2, 0.25) is 0 Å². The SMILES string of the molecule is CC1CCc2c(sc(N)c2C(=O)Nc2cccc3ccccc23)C1. The minimum atomic E-state index is -0.0871. The molecule has 0 bridgehead atoms. The zero-order chi connectivity index (χ0) is 16.7. The van der Waals surface area contributed by atoms with Crippen molar-refractivity contribution in [2.75, 3.05) is 11.1 Å². The monoisotopic (exact) mass is 336 g/mol. The molecular weight excluding hydrogens is 316 g/mol. The van der Waals surface area contributed by atoms with Crippen LogP contribution in [0, 0.1) is 5.92 Å². The van der Waals surface area contributed by atoms with Crippen LogP contribution in [-0.4, -0.2) is 5.91 Å². The Kier molecular flexibility index (Phi) is 3.77. The van der Waals surface area contributed by atoms with Crippen LogP contribution in [0.15, 0.2) is 42.5 Å². The van der Waals surface area contributed by atoms with Crippen molar-refractivity contribution in [1.82, 2.24) is 0 Å². The zero-order valence-corrected chi connectivity index (χ0v) is 14.5. The lowest BCUT2D eigenvalue weighted by molar-refractivity contribution is 0.102. The number of carbonyl (C=O) groups is 1. The molecule has 122 valence electrons. The lowest BCUT2D eigenvalue weighted by Crippen LogP contribution is -2.17. The quantitative estimate of drug-likeness (QED) is 0.702. The molecule has 3 N–H and O–H groups in total. The molecule has 1 aromatic heterocycles. The molecule has 3 nitrogen and oxygen atoms in total. The average molecular weight is 336 g/mol. The summed E-state index contributed by atoms with van der Waals surface area (Å²) in [6.45, 7) is 2.26. The van der Waals surface area contributed by atoms with Gasteiger partial charge in [0.25, 0.3) is 5.91 Å². The van der Waals surface area contributed by atoms with Gasteiger partial charge in [0.1, 0.15) is 0 Å². The molecule has 0 aliphatic heterocycles. The van der Waals surface area contributed by atoms with Crippen LogP contribution in [0.2, 0.25) is 0 Å². The number of anilines is 2. The van der Waals surface area contributed by atoms with Gasteiger partial charge in [0, 0.05) is 16.0 Å². The summed E-state index contributed by atoms with van der Waals surface area (Å²) in [6.07, 6.45) is 3.10. The van der Waals surface area contributed by atoms with Crippen LogP contribution >= 0.6 is 11.3 Å². The van der Waals surface area contributed by atoms with Crippen LogP contribution in [0.4, 0.5) is 10.7 Å². The van der Waals surface area contributed by atoms with Crippen molar-refractivity contribution in [3.63, 3.8) is 0 Å². The molecule has 1 amide bonds. The first-order chi connectivity index (χ1) is 11.6. The molecule has 1 unspecified atom stereocenters. The molecule has 0 saturated carbocycles. The van der Waals surface area contributed by atoms with Gasteiger partial charge in [-0.05, 0) is 42.2 Å². The highest BCUT2D eigenvalue weighted by atomic mass is 32.1. The van der Waals surface area contributed by atoms with E-state index in [9.17, 15) is 4.79 Å². The largest absolute Gasteiger partial charge is 0.390 e. The summed E-state index contributed by atoms with van der Waals surface area (Å²) in [7, 11) is 0. The highest BCUT2D eigenvalue weighted by Gasteiger charge is 2.26. The molecule has 3 aromatic rings. The molecule has 1 atom stereocenters. The fourth-order valence-electron chi connectivity index (χ4n) is 3.54. The number of rotatable bonds is 2. The van der Waals surface area contributed by atoms with Gasteiger partial charge in [0.15, 0.2) is 0 Å². The minimum absolute atomic E-state index is 0.0871. The van der Waals surface area contributed by atoms with Gasteiger partial charge >= 0.3 is 0 Å². The Hall–Kier alpha value is -2.33. The number of nitrogens with two attached hydrogens (primary N) is 1. The topological polar surface area (TPSA) is 55.1 Å². The maximum absolute atomic E-state index is 12.9. The summed E-state index contributed by atoms with van der Waals surface area (Å²) < 4.78 is 0. The number of amides is 1. The van der Waals surface area contributed by atoms with Gasteiger partial charge in [-0.3, -0.25) is 4.79 Å². The fraction of sp³-hybridized carbons (Fsp3) is 0.250. The van der Waals surface area contributed by atoms with Gasteiger partial charge in [-0.25, -0.2) is 0 Å². The van der Waals surface area contributed by atoms with E-state index in [1.165, 1.54) is 4.88 Å². The third-order valence-electron chi connectivity index (χ3n) is 4.80. The van der Waals surface area contributed by atoms with Crippen molar-refractivity contribution in [3.8, 4) is 0 Å². The second-order valence-corrected chi connectivity index (χ2v) is 7.71. The van der Waals surface area contributed by atoms with Crippen molar-refractivity contribution in [1.29, 1.82) is 0 Å². The molecule has 24 heavy (non-hydrogen) atoms. The predicted molar refractivity (Wildman–Crippen MR) is 102 cm³/mol. The summed E-state index contributed by atoms with van der Waals surface area (Å²) >= 11 is 1.58. The van der Waals surface area contributed by atoms with E-state index < -0.39 is 0 Å². The Bertz CT molecular complexity index is 923.